The van der Waals surface area contributed by atoms with E-state index < -0.39 is 31.2 Å². The Morgan fingerprint density at radius 1 is 1.43 bits per heavy atom. The van der Waals surface area contributed by atoms with Gasteiger partial charge in [0.25, 0.3) is 0 Å². The Bertz CT molecular complexity index is 607. The molecule has 126 valence electrons. The second kappa shape index (κ2) is 7.25. The molecule has 23 heavy (non-hydrogen) atoms. The molecule has 2 rings (SSSR count). The number of nitrogens with zero attached hydrogens (tertiary/aromatic N) is 1. The van der Waals surface area contributed by atoms with Crippen LogP contribution in [-0.2, 0) is 25.3 Å². The minimum atomic E-state index is -3.05. The Hall–Kier alpha value is -1.69. The third-order valence-electron chi connectivity index (χ3n) is 3.94. The van der Waals surface area contributed by atoms with E-state index in [9.17, 15) is 19.3 Å². The molecule has 1 heterocycles. The Morgan fingerprint density at radius 2 is 2.09 bits per heavy atom. The molecular weight excluding hydrogens is 319 g/mol. The smallest absolute Gasteiger partial charge is 0.339 e. The fourth-order valence-electron chi connectivity index (χ4n) is 2.73. The van der Waals surface area contributed by atoms with E-state index >= 15 is 0 Å². The zero-order chi connectivity index (χ0) is 17.0. The summed E-state index contributed by atoms with van der Waals surface area (Å²) in [5.41, 5.74) is 6.37. The average molecular weight is 340 g/mol. The number of carbonyl (C=O) groups excluding carboxylic acids is 1. The number of amides is 1. The first-order valence-electron chi connectivity index (χ1n) is 7.41. The lowest BCUT2D eigenvalue weighted by Gasteiger charge is -2.34. The summed E-state index contributed by atoms with van der Waals surface area (Å²) in [7, 11) is -3.05. The van der Waals surface area contributed by atoms with Gasteiger partial charge in [-0.2, -0.15) is 0 Å². The Kier molecular flexibility index (Phi) is 5.57. The van der Waals surface area contributed by atoms with Crippen molar-refractivity contribution in [1.29, 1.82) is 0 Å². The molecule has 0 aromatic heterocycles. The van der Waals surface area contributed by atoms with Gasteiger partial charge in [0.1, 0.15) is 0 Å². The summed E-state index contributed by atoms with van der Waals surface area (Å²) < 4.78 is 18.0. The van der Waals surface area contributed by atoms with E-state index in [-0.39, 0.29) is 19.6 Å². The summed E-state index contributed by atoms with van der Waals surface area (Å²) in [4.78, 5) is 25.1. The van der Waals surface area contributed by atoms with Gasteiger partial charge in [0, 0.05) is 6.54 Å². The van der Waals surface area contributed by atoms with Crippen LogP contribution in [0.2, 0.25) is 0 Å². The van der Waals surface area contributed by atoms with E-state index in [0.717, 1.165) is 10.5 Å². The molecule has 0 spiro atoms. The lowest BCUT2D eigenvalue weighted by atomic mass is 10.2. The molecule has 1 aliphatic heterocycles. The number of likely N-dealkylation sites (tertiary alicyclic amines) is 1. The van der Waals surface area contributed by atoms with Gasteiger partial charge in [-0.1, -0.05) is 30.3 Å². The first-order valence-corrected chi connectivity index (χ1v) is 8.73. The van der Waals surface area contributed by atoms with Crippen LogP contribution in [0.25, 0.3) is 0 Å². The number of aliphatic carboxylic acids is 1. The predicted octanol–water partition coefficient (Wildman–Crippen LogP) is 1.43. The highest BCUT2D eigenvalue weighted by Gasteiger charge is 2.55. The highest BCUT2D eigenvalue weighted by Crippen LogP contribution is 2.50. The van der Waals surface area contributed by atoms with Crippen LogP contribution in [0.5, 0.6) is 0 Å². The molecule has 1 unspecified atom stereocenters. The minimum Gasteiger partial charge on any atom is -0.479 e. The van der Waals surface area contributed by atoms with Crippen LogP contribution >= 0.6 is 8.03 Å². The van der Waals surface area contributed by atoms with Gasteiger partial charge in [-0.25, -0.2) is 4.79 Å². The molecule has 1 fully saturated rings. The van der Waals surface area contributed by atoms with Crippen molar-refractivity contribution in [3.63, 3.8) is 0 Å². The van der Waals surface area contributed by atoms with Crippen LogP contribution in [0.4, 0.5) is 0 Å². The van der Waals surface area contributed by atoms with Gasteiger partial charge in [0.05, 0.1) is 12.6 Å². The Labute approximate surface area is 135 Å². The van der Waals surface area contributed by atoms with Crippen LogP contribution in [0.1, 0.15) is 25.3 Å². The highest BCUT2D eigenvalue weighted by atomic mass is 31.1. The molecule has 0 radical (unpaired) electrons. The quantitative estimate of drug-likeness (QED) is 0.758. The number of hydrogen-bond donors (Lipinski definition) is 2. The van der Waals surface area contributed by atoms with Gasteiger partial charge in [0.15, 0.2) is 0 Å². The maximum atomic E-state index is 12.7. The van der Waals surface area contributed by atoms with Crippen molar-refractivity contribution in [1.82, 2.24) is 4.90 Å². The highest BCUT2D eigenvalue weighted by molar-refractivity contribution is 7.42. The van der Waals surface area contributed by atoms with Crippen molar-refractivity contribution in [2.24, 2.45) is 5.73 Å². The van der Waals surface area contributed by atoms with Gasteiger partial charge in [0.2, 0.25) is 19.2 Å². The molecule has 3 N–H and O–H groups in total. The normalized spacial score (nSPS) is 23.5. The zero-order valence-corrected chi connectivity index (χ0v) is 13.9. The molecule has 1 saturated heterocycles. The first kappa shape index (κ1) is 17.7. The van der Waals surface area contributed by atoms with Crippen molar-refractivity contribution >= 4 is 19.9 Å². The van der Waals surface area contributed by atoms with E-state index in [1.165, 1.54) is 6.92 Å². The monoisotopic (exact) mass is 340 g/mol. The SMILES string of the molecule is C[C@H](N)C(=O)N1CCC[C@]1(C(=O)O)[PH](=O)OCc1ccccc1. The van der Waals surface area contributed by atoms with E-state index in [0.29, 0.717) is 6.42 Å². The summed E-state index contributed by atoms with van der Waals surface area (Å²) in [5, 5.41) is 7.84. The van der Waals surface area contributed by atoms with Gasteiger partial charge in [-0.3, -0.25) is 9.36 Å². The lowest BCUT2D eigenvalue weighted by Crippen LogP contribution is -2.54. The summed E-state index contributed by atoms with van der Waals surface area (Å²) in [6.45, 7) is 1.74. The molecule has 0 bridgehead atoms. The van der Waals surface area contributed by atoms with Crippen LogP contribution in [0.3, 0.4) is 0 Å². The Morgan fingerprint density at radius 3 is 2.65 bits per heavy atom. The molecule has 1 aromatic carbocycles. The molecule has 8 heteroatoms. The second-order valence-corrected chi connectivity index (χ2v) is 7.30. The fraction of sp³-hybridized carbons (Fsp3) is 0.467. The standard InChI is InChI=1S/C15H21N2O5P/c1-11(16)13(18)17-9-5-8-15(17,14(19)20)23(21)22-10-12-6-3-2-4-7-12/h2-4,6-7,11,23H,5,8-10,16H2,1H3,(H,19,20)/t11-,15+/m0/s1. The third kappa shape index (κ3) is 3.47. The van der Waals surface area contributed by atoms with Crippen molar-refractivity contribution in [2.45, 2.75) is 37.7 Å². The number of carbonyl (C=O) groups is 2. The van der Waals surface area contributed by atoms with E-state index in [1.807, 2.05) is 18.2 Å². The number of carboxylic acids is 1. The lowest BCUT2D eigenvalue weighted by molar-refractivity contribution is -0.151. The number of benzene rings is 1. The molecule has 1 aromatic rings. The number of carboxylic acid groups (broad SMARTS) is 1. The topological polar surface area (TPSA) is 110 Å². The molecular formula is C15H21N2O5P. The molecule has 1 aliphatic rings. The summed E-state index contributed by atoms with van der Waals surface area (Å²) in [6.07, 6.45) is 0.559. The number of nitrogens with two attached hydrogens (primary N) is 1. The van der Waals surface area contributed by atoms with Crippen LogP contribution in [-0.4, -0.2) is 39.7 Å². The van der Waals surface area contributed by atoms with E-state index in [2.05, 4.69) is 0 Å². The summed E-state index contributed by atoms with van der Waals surface area (Å²) in [6, 6.07) is 8.19. The van der Waals surface area contributed by atoms with Gasteiger partial charge >= 0.3 is 5.97 Å². The minimum absolute atomic E-state index is 0.0356. The first-order chi connectivity index (χ1) is 10.9. The molecule has 1 amide bonds. The van der Waals surface area contributed by atoms with Crippen LogP contribution in [0, 0.1) is 0 Å². The maximum Gasteiger partial charge on any atom is 0.339 e. The number of rotatable bonds is 6. The third-order valence-corrected chi connectivity index (χ3v) is 5.76. The van der Waals surface area contributed by atoms with Crippen LogP contribution in [0.15, 0.2) is 30.3 Å². The average Bonchev–Trinajstić information content (AvgIpc) is 2.98. The van der Waals surface area contributed by atoms with Crippen molar-refractivity contribution in [3.8, 4) is 0 Å². The summed E-state index contributed by atoms with van der Waals surface area (Å²) >= 11 is 0. The molecule has 7 nitrogen and oxygen atoms in total. The van der Waals surface area contributed by atoms with Gasteiger partial charge < -0.3 is 20.3 Å². The van der Waals surface area contributed by atoms with Crippen molar-refractivity contribution in [3.05, 3.63) is 35.9 Å². The van der Waals surface area contributed by atoms with Crippen molar-refractivity contribution in [2.75, 3.05) is 6.54 Å². The second-order valence-electron chi connectivity index (χ2n) is 5.61. The molecule has 0 aliphatic carbocycles. The largest absolute Gasteiger partial charge is 0.479 e. The van der Waals surface area contributed by atoms with Gasteiger partial charge in [-0.15, -0.1) is 0 Å². The van der Waals surface area contributed by atoms with E-state index in [4.69, 9.17) is 10.3 Å². The van der Waals surface area contributed by atoms with Crippen LogP contribution < -0.4 is 5.73 Å². The zero-order valence-electron chi connectivity index (χ0n) is 12.9. The fourth-order valence-corrected chi connectivity index (χ4v) is 4.26. The van der Waals surface area contributed by atoms with E-state index in [1.54, 1.807) is 12.1 Å². The van der Waals surface area contributed by atoms with Gasteiger partial charge in [-0.05, 0) is 25.3 Å². The molecule has 0 saturated carbocycles. The molecule has 3 atom stereocenters. The summed E-state index contributed by atoms with van der Waals surface area (Å²) in [5.74, 6) is -1.83. The predicted molar refractivity (Wildman–Crippen MR) is 85.2 cm³/mol. The maximum absolute atomic E-state index is 12.7. The van der Waals surface area contributed by atoms with Crippen molar-refractivity contribution < 1.29 is 23.8 Å². The Balaban J connectivity index is 2.21. The number of hydrogen-bond acceptors (Lipinski definition) is 5.